The average Bonchev–Trinajstić information content (AvgIpc) is 3.31. The lowest BCUT2D eigenvalue weighted by molar-refractivity contribution is 0.0977. The van der Waals surface area contributed by atoms with Gasteiger partial charge in [-0.3, -0.25) is 10.1 Å². The standard InChI is InChI=1S/C19H14Cl2N6OS2/c1-2-15-24-25-19-27(15)26-17(30-19)10-3-6-12(7-4-10)22-18(29)23-16(28)11-5-8-13(20)14(21)9-11/h3-9H,2H2,1H3,(H2,22,23,28,29). The smallest absolute Gasteiger partial charge is 0.257 e. The van der Waals surface area contributed by atoms with Gasteiger partial charge in [-0.1, -0.05) is 41.5 Å². The third-order valence-electron chi connectivity index (χ3n) is 4.17. The predicted octanol–water partition coefficient (Wildman–Crippen LogP) is 4.85. The molecule has 2 heterocycles. The third-order valence-corrected chi connectivity index (χ3v) is 6.06. The van der Waals surface area contributed by atoms with Crippen LogP contribution in [0.25, 0.3) is 15.5 Å². The van der Waals surface area contributed by atoms with Crippen molar-refractivity contribution in [3.05, 3.63) is 63.9 Å². The maximum absolute atomic E-state index is 12.3. The molecule has 0 aliphatic heterocycles. The zero-order valence-corrected chi connectivity index (χ0v) is 18.7. The average molecular weight is 477 g/mol. The Labute approximate surface area is 191 Å². The first kappa shape index (κ1) is 20.7. The number of rotatable bonds is 4. The second-order valence-electron chi connectivity index (χ2n) is 6.19. The molecule has 30 heavy (non-hydrogen) atoms. The highest BCUT2D eigenvalue weighted by Gasteiger charge is 2.13. The third kappa shape index (κ3) is 4.29. The lowest BCUT2D eigenvalue weighted by Crippen LogP contribution is -2.34. The second kappa shape index (κ2) is 8.65. The number of aryl methyl sites for hydroxylation is 1. The van der Waals surface area contributed by atoms with Crippen LogP contribution >= 0.6 is 46.8 Å². The van der Waals surface area contributed by atoms with Crippen LogP contribution in [0.4, 0.5) is 5.69 Å². The van der Waals surface area contributed by atoms with Gasteiger partial charge in [0.15, 0.2) is 10.9 Å². The van der Waals surface area contributed by atoms with E-state index in [1.165, 1.54) is 17.4 Å². The molecule has 0 saturated heterocycles. The zero-order valence-electron chi connectivity index (χ0n) is 15.5. The highest BCUT2D eigenvalue weighted by Crippen LogP contribution is 2.27. The molecule has 1 amide bonds. The van der Waals surface area contributed by atoms with Gasteiger partial charge in [0, 0.05) is 23.2 Å². The number of carbonyl (C=O) groups excluding carboxylic acids is 1. The Morgan fingerprint density at radius 3 is 2.60 bits per heavy atom. The van der Waals surface area contributed by atoms with Crippen molar-refractivity contribution in [2.24, 2.45) is 0 Å². The fraction of sp³-hybridized carbons (Fsp3) is 0.105. The Hall–Kier alpha value is -2.59. The summed E-state index contributed by atoms with van der Waals surface area (Å²) in [6.07, 6.45) is 0.762. The summed E-state index contributed by atoms with van der Waals surface area (Å²) in [6.45, 7) is 2.01. The molecule has 2 aromatic heterocycles. The SMILES string of the molecule is CCc1nnc2sc(-c3ccc(NC(=S)NC(=O)c4ccc(Cl)c(Cl)c4)cc3)nn12. The molecule has 4 rings (SSSR count). The van der Waals surface area contributed by atoms with Crippen molar-refractivity contribution in [3.8, 4) is 10.6 Å². The molecule has 0 spiro atoms. The number of nitrogens with one attached hydrogen (secondary N) is 2. The van der Waals surface area contributed by atoms with E-state index in [9.17, 15) is 4.79 Å². The van der Waals surface area contributed by atoms with Gasteiger partial charge in [-0.15, -0.1) is 10.2 Å². The van der Waals surface area contributed by atoms with E-state index in [1.54, 1.807) is 16.6 Å². The Kier molecular flexibility index (Phi) is 5.96. The summed E-state index contributed by atoms with van der Waals surface area (Å²) in [7, 11) is 0. The number of thiocarbonyl (C=S) groups is 1. The molecule has 0 atom stereocenters. The van der Waals surface area contributed by atoms with Crippen LogP contribution in [0.3, 0.4) is 0 Å². The van der Waals surface area contributed by atoms with Crippen molar-refractivity contribution in [1.82, 2.24) is 25.1 Å². The van der Waals surface area contributed by atoms with E-state index in [-0.39, 0.29) is 11.0 Å². The Morgan fingerprint density at radius 1 is 1.13 bits per heavy atom. The van der Waals surface area contributed by atoms with Crippen LogP contribution in [-0.2, 0) is 6.42 Å². The number of benzene rings is 2. The molecule has 11 heteroatoms. The van der Waals surface area contributed by atoms with E-state index in [0.29, 0.717) is 15.6 Å². The van der Waals surface area contributed by atoms with Crippen LogP contribution in [0.5, 0.6) is 0 Å². The summed E-state index contributed by atoms with van der Waals surface area (Å²) in [5.41, 5.74) is 2.04. The fourth-order valence-corrected chi connectivity index (χ4v) is 4.04. The number of nitrogens with zero attached hydrogens (tertiary/aromatic N) is 4. The van der Waals surface area contributed by atoms with Crippen LogP contribution < -0.4 is 10.6 Å². The Balaban J connectivity index is 1.42. The maximum atomic E-state index is 12.3. The molecule has 2 aromatic carbocycles. The number of carbonyl (C=O) groups is 1. The topological polar surface area (TPSA) is 84.2 Å². The van der Waals surface area contributed by atoms with Crippen molar-refractivity contribution >= 4 is 68.4 Å². The minimum Gasteiger partial charge on any atom is -0.332 e. The van der Waals surface area contributed by atoms with Gasteiger partial charge in [0.1, 0.15) is 5.01 Å². The lowest BCUT2D eigenvalue weighted by Gasteiger charge is -2.10. The molecule has 4 aromatic rings. The maximum Gasteiger partial charge on any atom is 0.257 e. The molecule has 0 bridgehead atoms. The van der Waals surface area contributed by atoms with Gasteiger partial charge >= 0.3 is 0 Å². The Morgan fingerprint density at radius 2 is 1.90 bits per heavy atom. The largest absolute Gasteiger partial charge is 0.332 e. The summed E-state index contributed by atoms with van der Waals surface area (Å²) in [5, 5.41) is 20.1. The summed E-state index contributed by atoms with van der Waals surface area (Å²) in [6, 6.07) is 12.2. The molecule has 0 aliphatic carbocycles. The van der Waals surface area contributed by atoms with E-state index in [1.807, 2.05) is 31.2 Å². The first-order valence-corrected chi connectivity index (χ1v) is 10.8. The normalized spacial score (nSPS) is 10.9. The van der Waals surface area contributed by atoms with Gasteiger partial charge in [-0.2, -0.15) is 9.61 Å². The monoisotopic (exact) mass is 476 g/mol. The van der Waals surface area contributed by atoms with E-state index in [0.717, 1.165) is 33.5 Å². The number of hydrogen-bond acceptors (Lipinski definition) is 6. The first-order valence-electron chi connectivity index (χ1n) is 8.83. The summed E-state index contributed by atoms with van der Waals surface area (Å²) >= 11 is 18.5. The van der Waals surface area contributed by atoms with Crippen LogP contribution in [0.1, 0.15) is 23.1 Å². The quantitative estimate of drug-likeness (QED) is 0.409. The predicted molar refractivity (Wildman–Crippen MR) is 124 cm³/mol. The summed E-state index contributed by atoms with van der Waals surface area (Å²) in [5.74, 6) is 0.447. The van der Waals surface area contributed by atoms with Gasteiger partial charge in [-0.05, 0) is 54.7 Å². The Bertz CT molecular complexity index is 1250. The van der Waals surface area contributed by atoms with Gasteiger partial charge in [0.25, 0.3) is 5.91 Å². The first-order chi connectivity index (χ1) is 14.4. The molecule has 0 saturated carbocycles. The highest BCUT2D eigenvalue weighted by molar-refractivity contribution is 7.80. The van der Waals surface area contributed by atoms with Crippen molar-refractivity contribution in [2.75, 3.05) is 5.32 Å². The molecule has 152 valence electrons. The number of hydrogen-bond donors (Lipinski definition) is 2. The van der Waals surface area contributed by atoms with Crippen molar-refractivity contribution < 1.29 is 4.79 Å². The number of halogens is 2. The molecule has 7 nitrogen and oxygen atoms in total. The fourth-order valence-electron chi connectivity index (χ4n) is 2.67. The molecular formula is C19H14Cl2N6OS2. The van der Waals surface area contributed by atoms with E-state index in [2.05, 4.69) is 25.9 Å². The summed E-state index contributed by atoms with van der Waals surface area (Å²) in [4.78, 5) is 13.1. The number of amides is 1. The minimum atomic E-state index is -0.380. The highest BCUT2D eigenvalue weighted by atomic mass is 35.5. The summed E-state index contributed by atoms with van der Waals surface area (Å²) < 4.78 is 1.76. The van der Waals surface area contributed by atoms with Gasteiger partial charge in [-0.25, -0.2) is 0 Å². The van der Waals surface area contributed by atoms with Gasteiger partial charge in [0.2, 0.25) is 4.96 Å². The molecule has 0 fully saturated rings. The van der Waals surface area contributed by atoms with E-state index >= 15 is 0 Å². The number of fused-ring (bicyclic) bond motifs is 1. The van der Waals surface area contributed by atoms with Crippen LogP contribution in [0, 0.1) is 0 Å². The molecular weight excluding hydrogens is 463 g/mol. The van der Waals surface area contributed by atoms with E-state index < -0.39 is 0 Å². The molecule has 0 unspecified atom stereocenters. The second-order valence-corrected chi connectivity index (χ2v) is 8.36. The van der Waals surface area contributed by atoms with Gasteiger partial charge < -0.3 is 5.32 Å². The molecule has 2 N–H and O–H groups in total. The van der Waals surface area contributed by atoms with Crippen molar-refractivity contribution in [2.45, 2.75) is 13.3 Å². The van der Waals surface area contributed by atoms with Crippen molar-refractivity contribution in [1.29, 1.82) is 0 Å². The van der Waals surface area contributed by atoms with Gasteiger partial charge in [0.05, 0.1) is 10.0 Å². The van der Waals surface area contributed by atoms with Crippen LogP contribution in [0.2, 0.25) is 10.0 Å². The van der Waals surface area contributed by atoms with Crippen molar-refractivity contribution in [3.63, 3.8) is 0 Å². The zero-order chi connectivity index (χ0) is 21.3. The lowest BCUT2D eigenvalue weighted by atomic mass is 10.2. The van der Waals surface area contributed by atoms with Crippen LogP contribution in [-0.4, -0.2) is 30.8 Å². The molecule has 0 aliphatic rings. The molecule has 0 radical (unpaired) electrons. The van der Waals surface area contributed by atoms with E-state index in [4.69, 9.17) is 35.4 Å². The minimum absolute atomic E-state index is 0.171. The number of anilines is 1. The number of aromatic nitrogens is 4. The van der Waals surface area contributed by atoms with Crippen LogP contribution in [0.15, 0.2) is 42.5 Å².